The minimum Gasteiger partial charge on any atom is -0.351 e. The lowest BCUT2D eigenvalue weighted by atomic mass is 9.83. The van der Waals surface area contributed by atoms with Crippen LogP contribution in [0.25, 0.3) is 0 Å². The van der Waals surface area contributed by atoms with E-state index in [1.54, 1.807) is 0 Å². The van der Waals surface area contributed by atoms with E-state index in [0.29, 0.717) is 18.9 Å². The molecule has 0 aromatic carbocycles. The van der Waals surface area contributed by atoms with Crippen LogP contribution in [0.4, 0.5) is 13.2 Å². The first-order valence-electron chi connectivity index (χ1n) is 9.85. The Balaban J connectivity index is 1.43. The number of fused-ring (bicyclic) bond motifs is 2. The summed E-state index contributed by atoms with van der Waals surface area (Å²) >= 11 is 0. The lowest BCUT2D eigenvalue weighted by Crippen LogP contribution is -2.45. The molecule has 2 aliphatic carbocycles. The smallest absolute Gasteiger partial charge is 0.351 e. The van der Waals surface area contributed by atoms with Crippen molar-refractivity contribution in [2.75, 3.05) is 6.54 Å². The molecule has 2 saturated carbocycles. The zero-order valence-corrected chi connectivity index (χ0v) is 16.0. The van der Waals surface area contributed by atoms with Gasteiger partial charge in [-0.3, -0.25) is 14.7 Å². The van der Waals surface area contributed by atoms with Crippen LogP contribution in [0.2, 0.25) is 0 Å². The van der Waals surface area contributed by atoms with Gasteiger partial charge in [0.25, 0.3) is 5.91 Å². The summed E-state index contributed by atoms with van der Waals surface area (Å²) in [6.45, 7) is 3.38. The molecule has 6 nitrogen and oxygen atoms in total. The molecule has 0 spiro atoms. The molecule has 2 amide bonds. The van der Waals surface area contributed by atoms with Crippen molar-refractivity contribution in [3.63, 3.8) is 0 Å². The summed E-state index contributed by atoms with van der Waals surface area (Å²) in [7, 11) is 0. The average Bonchev–Trinajstić information content (AvgIpc) is 3.37. The van der Waals surface area contributed by atoms with E-state index in [4.69, 9.17) is 0 Å². The van der Waals surface area contributed by atoms with E-state index in [2.05, 4.69) is 10.4 Å². The second kappa shape index (κ2) is 6.49. The highest BCUT2D eigenvalue weighted by Crippen LogP contribution is 2.54. The third kappa shape index (κ3) is 3.08. The summed E-state index contributed by atoms with van der Waals surface area (Å²) in [6, 6.07) is -0.359. The van der Waals surface area contributed by atoms with E-state index in [1.165, 1.54) is 11.8 Å². The van der Waals surface area contributed by atoms with Crippen molar-refractivity contribution in [1.29, 1.82) is 0 Å². The second-order valence-corrected chi connectivity index (χ2v) is 8.71. The predicted octanol–water partition coefficient (Wildman–Crippen LogP) is 3.04. The highest BCUT2D eigenvalue weighted by molar-refractivity contribution is 5.94. The summed E-state index contributed by atoms with van der Waals surface area (Å²) in [6.07, 6.45) is 1.05. The summed E-state index contributed by atoms with van der Waals surface area (Å²) in [5, 5.41) is 8.66. The Morgan fingerprint density at radius 3 is 2.50 bits per heavy atom. The molecular weight excluding hydrogens is 373 g/mol. The van der Waals surface area contributed by atoms with Crippen molar-refractivity contribution in [3.05, 3.63) is 17.0 Å². The molecule has 2 unspecified atom stereocenters. The molecule has 0 radical (unpaired) electrons. The fourth-order valence-corrected chi connectivity index (χ4v) is 5.29. The molecule has 1 aromatic rings. The number of amides is 2. The SMILES string of the molecule is Cc1c(C(=O)N2CC(NC(=O)C34CCC(CC3)C4)CC2C)n[nH]c1C(F)(F)F. The number of likely N-dealkylation sites (tertiary alicyclic amines) is 1. The number of rotatable bonds is 3. The molecule has 3 fully saturated rings. The normalized spacial score (nSPS) is 32.2. The van der Waals surface area contributed by atoms with E-state index in [0.717, 1.165) is 32.1 Å². The lowest BCUT2D eigenvalue weighted by molar-refractivity contribution is -0.141. The van der Waals surface area contributed by atoms with Crippen LogP contribution in [0.3, 0.4) is 0 Å². The second-order valence-electron chi connectivity index (χ2n) is 8.71. The Hall–Kier alpha value is -2.06. The largest absolute Gasteiger partial charge is 0.433 e. The standard InChI is InChI=1S/C19H25F3N4O2/c1-10-7-13(23-17(28)18-5-3-12(8-18)4-6-18)9-26(10)16(27)14-11(2)15(25-24-14)19(20,21)22/h10,12-13H,3-9H2,1-2H3,(H,23,28)(H,24,25). The van der Waals surface area contributed by atoms with Crippen LogP contribution in [0.15, 0.2) is 0 Å². The summed E-state index contributed by atoms with van der Waals surface area (Å²) in [4.78, 5) is 27.2. The first kappa shape index (κ1) is 19.3. The molecule has 1 saturated heterocycles. The molecule has 28 heavy (non-hydrogen) atoms. The highest BCUT2D eigenvalue weighted by atomic mass is 19.4. The van der Waals surface area contributed by atoms with Crippen molar-refractivity contribution >= 4 is 11.8 Å². The number of nitrogens with zero attached hydrogens (tertiary/aromatic N) is 2. The molecule has 154 valence electrons. The molecule has 2 bridgehead atoms. The molecular formula is C19H25F3N4O2. The van der Waals surface area contributed by atoms with Crippen LogP contribution < -0.4 is 5.32 Å². The van der Waals surface area contributed by atoms with Crippen LogP contribution >= 0.6 is 0 Å². The zero-order valence-electron chi connectivity index (χ0n) is 16.0. The summed E-state index contributed by atoms with van der Waals surface area (Å²) in [5.41, 5.74) is -1.65. The Labute approximate surface area is 161 Å². The van der Waals surface area contributed by atoms with Gasteiger partial charge in [-0.15, -0.1) is 0 Å². The van der Waals surface area contributed by atoms with Gasteiger partial charge in [-0.05, 0) is 58.3 Å². The van der Waals surface area contributed by atoms with Crippen LogP contribution in [0, 0.1) is 18.3 Å². The van der Waals surface area contributed by atoms with E-state index in [9.17, 15) is 22.8 Å². The van der Waals surface area contributed by atoms with Gasteiger partial charge in [0, 0.05) is 29.6 Å². The van der Waals surface area contributed by atoms with E-state index >= 15 is 0 Å². The number of halogens is 3. The van der Waals surface area contributed by atoms with Crippen molar-refractivity contribution in [1.82, 2.24) is 20.4 Å². The first-order valence-corrected chi connectivity index (χ1v) is 9.85. The maximum Gasteiger partial charge on any atom is 0.433 e. The van der Waals surface area contributed by atoms with Gasteiger partial charge in [0.2, 0.25) is 5.91 Å². The Morgan fingerprint density at radius 2 is 1.96 bits per heavy atom. The highest BCUT2D eigenvalue weighted by Gasteiger charge is 2.50. The maximum absolute atomic E-state index is 13.0. The topological polar surface area (TPSA) is 78.1 Å². The van der Waals surface area contributed by atoms with Gasteiger partial charge < -0.3 is 10.2 Å². The molecule has 2 N–H and O–H groups in total. The number of aromatic nitrogens is 2. The number of nitrogens with one attached hydrogen (secondary N) is 2. The predicted molar refractivity (Wildman–Crippen MR) is 94.4 cm³/mol. The number of alkyl halides is 3. The first-order chi connectivity index (χ1) is 13.1. The Kier molecular flexibility index (Phi) is 4.46. The van der Waals surface area contributed by atoms with Crippen LogP contribution in [-0.4, -0.2) is 45.5 Å². The third-order valence-electron chi connectivity index (χ3n) is 6.89. The third-order valence-corrected chi connectivity index (χ3v) is 6.89. The molecule has 1 aromatic heterocycles. The monoisotopic (exact) mass is 398 g/mol. The van der Waals surface area contributed by atoms with E-state index in [1.807, 2.05) is 12.0 Å². The van der Waals surface area contributed by atoms with Gasteiger partial charge in [0.1, 0.15) is 5.69 Å². The van der Waals surface area contributed by atoms with Crippen LogP contribution in [0.1, 0.15) is 67.2 Å². The fourth-order valence-electron chi connectivity index (χ4n) is 5.29. The maximum atomic E-state index is 13.0. The van der Waals surface area contributed by atoms with Gasteiger partial charge in [0.15, 0.2) is 5.69 Å². The molecule has 1 aliphatic heterocycles. The number of carbonyl (C=O) groups is 2. The minimum atomic E-state index is -4.58. The van der Waals surface area contributed by atoms with Crippen molar-refractivity contribution in [2.45, 2.75) is 70.6 Å². The summed E-state index contributed by atoms with van der Waals surface area (Å²) in [5.74, 6) is 0.208. The Bertz CT molecular complexity index is 796. The summed E-state index contributed by atoms with van der Waals surface area (Å²) < 4.78 is 38.9. The number of H-pyrrole nitrogens is 1. The fraction of sp³-hybridized carbons (Fsp3) is 0.737. The van der Waals surface area contributed by atoms with Gasteiger partial charge in [-0.1, -0.05) is 0 Å². The quantitative estimate of drug-likeness (QED) is 0.822. The number of hydrogen-bond acceptors (Lipinski definition) is 3. The van der Waals surface area contributed by atoms with Gasteiger partial charge in [0.05, 0.1) is 0 Å². The minimum absolute atomic E-state index is 0.0781. The van der Waals surface area contributed by atoms with E-state index < -0.39 is 17.8 Å². The Morgan fingerprint density at radius 1 is 1.29 bits per heavy atom. The van der Waals surface area contributed by atoms with Crippen LogP contribution in [0.5, 0.6) is 0 Å². The van der Waals surface area contributed by atoms with Gasteiger partial charge in [-0.2, -0.15) is 18.3 Å². The zero-order chi connectivity index (χ0) is 20.3. The lowest BCUT2D eigenvalue weighted by Gasteiger charge is -2.27. The molecule has 3 aliphatic rings. The van der Waals surface area contributed by atoms with Crippen molar-refractivity contribution < 1.29 is 22.8 Å². The molecule has 2 heterocycles. The van der Waals surface area contributed by atoms with Gasteiger partial charge >= 0.3 is 6.18 Å². The molecule has 9 heteroatoms. The van der Waals surface area contributed by atoms with E-state index in [-0.39, 0.29) is 34.7 Å². The number of hydrogen-bond donors (Lipinski definition) is 2. The van der Waals surface area contributed by atoms with Crippen molar-refractivity contribution in [3.8, 4) is 0 Å². The van der Waals surface area contributed by atoms with Crippen molar-refractivity contribution in [2.24, 2.45) is 11.3 Å². The molecule has 2 atom stereocenters. The molecule has 4 rings (SSSR count). The average molecular weight is 398 g/mol. The van der Waals surface area contributed by atoms with Gasteiger partial charge in [-0.25, -0.2) is 0 Å². The number of carbonyl (C=O) groups excluding carboxylic acids is 2. The van der Waals surface area contributed by atoms with Crippen LogP contribution in [-0.2, 0) is 11.0 Å². The number of aromatic amines is 1.